The molecule has 2 aromatic carbocycles. The van der Waals surface area contributed by atoms with Crippen LogP contribution in [0, 0.1) is 0 Å². The molecular formula is C22H32NaO. The molecule has 0 aliphatic heterocycles. The molecule has 0 amide bonds. The van der Waals surface area contributed by atoms with E-state index >= 15 is 0 Å². The van der Waals surface area contributed by atoms with Gasteiger partial charge in [0.05, 0.1) is 0 Å². The molecule has 2 heteroatoms. The average Bonchev–Trinajstić information content (AvgIpc) is 2.58. The summed E-state index contributed by atoms with van der Waals surface area (Å²) in [5, 5.41) is 12.5. The maximum atomic E-state index is 10.4. The van der Waals surface area contributed by atoms with Gasteiger partial charge in [-0.05, 0) is 23.8 Å². The van der Waals surface area contributed by atoms with Gasteiger partial charge in [0.1, 0.15) is 5.75 Å². The third-order valence-electron chi connectivity index (χ3n) is 4.78. The van der Waals surface area contributed by atoms with Crippen LogP contribution in [0.3, 0.4) is 0 Å². The van der Waals surface area contributed by atoms with E-state index in [1.54, 1.807) is 0 Å². The van der Waals surface area contributed by atoms with Crippen LogP contribution < -0.4 is 0 Å². The van der Waals surface area contributed by atoms with Crippen molar-refractivity contribution in [1.29, 1.82) is 0 Å². The van der Waals surface area contributed by atoms with Gasteiger partial charge in [0, 0.05) is 34.9 Å². The van der Waals surface area contributed by atoms with Gasteiger partial charge in [-0.2, -0.15) is 0 Å². The fourth-order valence-electron chi connectivity index (χ4n) is 3.30. The molecular weight excluding hydrogens is 303 g/mol. The average molecular weight is 335 g/mol. The van der Waals surface area contributed by atoms with Crippen molar-refractivity contribution in [3.8, 4) is 5.75 Å². The van der Waals surface area contributed by atoms with Crippen molar-refractivity contribution in [3.05, 3.63) is 42.0 Å². The number of fused-ring (bicyclic) bond motifs is 1. The predicted molar refractivity (Wildman–Crippen MR) is 107 cm³/mol. The summed E-state index contributed by atoms with van der Waals surface area (Å²) in [6, 6.07) is 12.3. The molecule has 1 N–H and O–H groups in total. The molecule has 0 saturated heterocycles. The first-order valence-electron chi connectivity index (χ1n) is 9.52. The van der Waals surface area contributed by atoms with E-state index in [0.717, 1.165) is 22.8 Å². The minimum atomic E-state index is 0. The smallest absolute Gasteiger partial charge is 0.126 e. The summed E-state index contributed by atoms with van der Waals surface area (Å²) < 4.78 is 0. The molecule has 0 heterocycles. The first kappa shape index (κ1) is 21.5. The second kappa shape index (κ2) is 12.8. The molecule has 0 aliphatic rings. The zero-order valence-electron chi connectivity index (χ0n) is 15.7. The number of phenols is 1. The quantitative estimate of drug-likeness (QED) is 0.361. The second-order valence-corrected chi connectivity index (χ2v) is 6.73. The van der Waals surface area contributed by atoms with Crippen LogP contribution in [-0.4, -0.2) is 34.7 Å². The van der Waals surface area contributed by atoms with Crippen molar-refractivity contribution in [2.45, 2.75) is 77.6 Å². The van der Waals surface area contributed by atoms with Crippen LogP contribution in [-0.2, 0) is 6.42 Å². The number of hydrogen-bond donors (Lipinski definition) is 1. The normalized spacial score (nSPS) is 10.7. The number of rotatable bonds is 11. The standard InChI is InChI=1S/C22H32O.Na/c1-2-3-4-5-6-7-8-9-10-11-15-20-18-17-19-14-12-13-16-21(19)22(20)23;/h12-14,16-18,23H,2-11,15H2,1H3;. The number of phenolic OH excluding ortho intramolecular Hbond substituents is 1. The number of unbranched alkanes of at least 4 members (excludes halogenated alkanes) is 9. The van der Waals surface area contributed by atoms with E-state index < -0.39 is 0 Å². The Morgan fingerprint density at radius 3 is 1.96 bits per heavy atom. The van der Waals surface area contributed by atoms with Gasteiger partial charge in [-0.15, -0.1) is 0 Å². The Kier molecular flexibility index (Phi) is 11.5. The summed E-state index contributed by atoms with van der Waals surface area (Å²) in [4.78, 5) is 0. The largest absolute Gasteiger partial charge is 0.507 e. The van der Waals surface area contributed by atoms with Crippen LogP contribution in [0.4, 0.5) is 0 Å². The van der Waals surface area contributed by atoms with Gasteiger partial charge in [-0.3, -0.25) is 0 Å². The molecule has 0 bridgehead atoms. The molecule has 0 aromatic heterocycles. The molecule has 2 aromatic rings. The fraction of sp³-hybridized carbons (Fsp3) is 0.545. The predicted octanol–water partition coefficient (Wildman–Crippen LogP) is 6.63. The van der Waals surface area contributed by atoms with E-state index in [2.05, 4.69) is 25.1 Å². The summed E-state index contributed by atoms with van der Waals surface area (Å²) in [5.41, 5.74) is 1.10. The molecule has 2 rings (SSSR count). The van der Waals surface area contributed by atoms with E-state index in [9.17, 15) is 5.11 Å². The van der Waals surface area contributed by atoms with Gasteiger partial charge in [0.25, 0.3) is 0 Å². The summed E-state index contributed by atoms with van der Waals surface area (Å²) >= 11 is 0. The van der Waals surface area contributed by atoms with Gasteiger partial charge in [0.15, 0.2) is 0 Å². The Morgan fingerprint density at radius 2 is 1.29 bits per heavy atom. The number of aromatic hydroxyl groups is 1. The maximum absolute atomic E-state index is 10.4. The minimum absolute atomic E-state index is 0. The van der Waals surface area contributed by atoms with Crippen molar-refractivity contribution in [1.82, 2.24) is 0 Å². The third kappa shape index (κ3) is 7.17. The Bertz CT molecular complexity index is 579. The monoisotopic (exact) mass is 335 g/mol. The Morgan fingerprint density at radius 1 is 0.708 bits per heavy atom. The fourth-order valence-corrected chi connectivity index (χ4v) is 3.30. The van der Waals surface area contributed by atoms with Crippen LogP contribution in [0.25, 0.3) is 10.8 Å². The van der Waals surface area contributed by atoms with Crippen molar-refractivity contribution in [3.63, 3.8) is 0 Å². The molecule has 0 fully saturated rings. The molecule has 0 spiro atoms. The molecule has 0 atom stereocenters. The van der Waals surface area contributed by atoms with Crippen molar-refractivity contribution < 1.29 is 5.11 Å². The summed E-state index contributed by atoms with van der Waals surface area (Å²) in [7, 11) is 0. The molecule has 127 valence electrons. The maximum Gasteiger partial charge on any atom is 0.126 e. The molecule has 1 radical (unpaired) electrons. The van der Waals surface area contributed by atoms with E-state index in [1.807, 2.05) is 18.2 Å². The van der Waals surface area contributed by atoms with Gasteiger partial charge >= 0.3 is 0 Å². The molecule has 0 aliphatic carbocycles. The number of hydrogen-bond acceptors (Lipinski definition) is 1. The Balaban J connectivity index is 0.00000288. The van der Waals surface area contributed by atoms with Crippen molar-refractivity contribution >= 4 is 40.3 Å². The SMILES string of the molecule is CCCCCCCCCCCCc1ccc2ccccc2c1O.[Na]. The number of aryl methyl sites for hydroxylation is 1. The second-order valence-electron chi connectivity index (χ2n) is 6.73. The van der Waals surface area contributed by atoms with E-state index in [-0.39, 0.29) is 29.6 Å². The molecule has 0 unspecified atom stereocenters. The van der Waals surface area contributed by atoms with Gasteiger partial charge in [-0.25, -0.2) is 0 Å². The first-order chi connectivity index (χ1) is 11.3. The summed E-state index contributed by atoms with van der Waals surface area (Å²) in [6.07, 6.45) is 14.5. The van der Waals surface area contributed by atoms with E-state index in [0.29, 0.717) is 5.75 Å². The first-order valence-corrected chi connectivity index (χ1v) is 9.52. The van der Waals surface area contributed by atoms with Gasteiger partial charge in [0.2, 0.25) is 0 Å². The van der Waals surface area contributed by atoms with E-state index in [4.69, 9.17) is 0 Å². The Labute approximate surface area is 170 Å². The van der Waals surface area contributed by atoms with Crippen LogP contribution in [0.15, 0.2) is 36.4 Å². The van der Waals surface area contributed by atoms with Crippen LogP contribution in [0.5, 0.6) is 5.75 Å². The van der Waals surface area contributed by atoms with Crippen LogP contribution in [0.1, 0.15) is 76.7 Å². The topological polar surface area (TPSA) is 20.2 Å². The number of benzene rings is 2. The molecule has 24 heavy (non-hydrogen) atoms. The van der Waals surface area contributed by atoms with Crippen LogP contribution in [0.2, 0.25) is 0 Å². The third-order valence-corrected chi connectivity index (χ3v) is 4.78. The zero-order chi connectivity index (χ0) is 16.3. The van der Waals surface area contributed by atoms with Gasteiger partial charge < -0.3 is 5.11 Å². The molecule has 1 nitrogen and oxygen atoms in total. The van der Waals surface area contributed by atoms with Gasteiger partial charge in [-0.1, -0.05) is 101 Å². The zero-order valence-corrected chi connectivity index (χ0v) is 17.7. The van der Waals surface area contributed by atoms with Crippen molar-refractivity contribution in [2.75, 3.05) is 0 Å². The Hall–Kier alpha value is -0.500. The van der Waals surface area contributed by atoms with Crippen LogP contribution >= 0.6 is 0 Å². The summed E-state index contributed by atoms with van der Waals surface area (Å²) in [5.74, 6) is 0.485. The summed E-state index contributed by atoms with van der Waals surface area (Å²) in [6.45, 7) is 2.27. The van der Waals surface area contributed by atoms with E-state index in [1.165, 1.54) is 64.2 Å². The molecule has 0 saturated carbocycles. The van der Waals surface area contributed by atoms with Crippen molar-refractivity contribution in [2.24, 2.45) is 0 Å². The minimum Gasteiger partial charge on any atom is -0.507 e.